The van der Waals surface area contributed by atoms with Crippen molar-refractivity contribution in [1.29, 1.82) is 0 Å². The molecule has 0 aliphatic carbocycles. The monoisotopic (exact) mass is 223 g/mol. The van der Waals surface area contributed by atoms with Crippen LogP contribution in [0.1, 0.15) is 19.8 Å². The molecule has 0 bridgehead atoms. The predicted molar refractivity (Wildman–Crippen MR) is 59.7 cm³/mol. The molecule has 1 amide bonds. The van der Waals surface area contributed by atoms with Gasteiger partial charge in [-0.3, -0.25) is 4.79 Å². The molecule has 0 fully saturated rings. The molecule has 0 heterocycles. The van der Waals surface area contributed by atoms with Gasteiger partial charge in [-0.15, -0.1) is 0 Å². The van der Waals surface area contributed by atoms with Crippen molar-refractivity contribution in [3.63, 3.8) is 0 Å². The molecule has 0 atom stereocenters. The van der Waals surface area contributed by atoms with Crippen molar-refractivity contribution in [2.24, 2.45) is 0 Å². The highest BCUT2D eigenvalue weighted by Gasteiger charge is 2.11. The standard InChI is InChI=1S/C12H14FNO2/c1-9(15)3-8-12(16)14(2)11-6-4-10(13)5-7-11/h4-7H,3,8H2,1-2H3. The Labute approximate surface area is 93.9 Å². The van der Waals surface area contributed by atoms with Gasteiger partial charge in [-0.2, -0.15) is 0 Å². The van der Waals surface area contributed by atoms with Crippen LogP contribution in [0.15, 0.2) is 24.3 Å². The summed E-state index contributed by atoms with van der Waals surface area (Å²) in [6.07, 6.45) is 0.424. The molecule has 3 nitrogen and oxygen atoms in total. The first-order valence-electron chi connectivity index (χ1n) is 5.02. The highest BCUT2D eigenvalue weighted by Crippen LogP contribution is 2.14. The smallest absolute Gasteiger partial charge is 0.227 e. The summed E-state index contributed by atoms with van der Waals surface area (Å²) < 4.78 is 12.7. The van der Waals surface area contributed by atoms with Crippen molar-refractivity contribution in [3.05, 3.63) is 30.1 Å². The van der Waals surface area contributed by atoms with Gasteiger partial charge in [0, 0.05) is 25.6 Å². The third-order valence-electron chi connectivity index (χ3n) is 2.28. The van der Waals surface area contributed by atoms with E-state index in [0.717, 1.165) is 0 Å². The number of amides is 1. The number of anilines is 1. The van der Waals surface area contributed by atoms with Gasteiger partial charge in [-0.05, 0) is 31.2 Å². The number of hydrogen-bond donors (Lipinski definition) is 0. The lowest BCUT2D eigenvalue weighted by Crippen LogP contribution is -2.26. The minimum Gasteiger partial charge on any atom is -0.315 e. The van der Waals surface area contributed by atoms with Crippen LogP contribution in [0.3, 0.4) is 0 Å². The van der Waals surface area contributed by atoms with Crippen LogP contribution in [0.25, 0.3) is 0 Å². The van der Waals surface area contributed by atoms with E-state index in [0.29, 0.717) is 5.69 Å². The largest absolute Gasteiger partial charge is 0.315 e. The number of hydrogen-bond acceptors (Lipinski definition) is 2. The number of nitrogens with zero attached hydrogens (tertiary/aromatic N) is 1. The van der Waals surface area contributed by atoms with E-state index >= 15 is 0 Å². The van der Waals surface area contributed by atoms with Crippen molar-refractivity contribution >= 4 is 17.4 Å². The van der Waals surface area contributed by atoms with Gasteiger partial charge in [0.1, 0.15) is 11.6 Å². The molecule has 16 heavy (non-hydrogen) atoms. The third kappa shape index (κ3) is 3.46. The quantitative estimate of drug-likeness (QED) is 0.784. The van der Waals surface area contributed by atoms with Crippen LogP contribution in [0.4, 0.5) is 10.1 Å². The zero-order valence-corrected chi connectivity index (χ0v) is 9.37. The minimum absolute atomic E-state index is 0.0131. The summed E-state index contributed by atoms with van der Waals surface area (Å²) in [5.74, 6) is -0.504. The molecule has 0 radical (unpaired) electrons. The van der Waals surface area contributed by atoms with Crippen LogP contribution < -0.4 is 4.90 Å². The molecular weight excluding hydrogens is 209 g/mol. The maximum atomic E-state index is 12.7. The molecule has 1 aromatic rings. The van der Waals surface area contributed by atoms with Gasteiger partial charge in [-0.25, -0.2) is 4.39 Å². The van der Waals surface area contributed by atoms with Crippen LogP contribution in [-0.2, 0) is 9.59 Å². The van der Waals surface area contributed by atoms with E-state index in [2.05, 4.69) is 0 Å². The predicted octanol–water partition coefficient (Wildman–Crippen LogP) is 2.16. The number of Topliss-reactive ketones (excluding diaryl/α,β-unsaturated/α-hetero) is 1. The zero-order valence-electron chi connectivity index (χ0n) is 9.37. The Morgan fingerprint density at radius 2 is 1.75 bits per heavy atom. The first kappa shape index (κ1) is 12.4. The van der Waals surface area contributed by atoms with Crippen molar-refractivity contribution in [1.82, 2.24) is 0 Å². The van der Waals surface area contributed by atoms with Gasteiger partial charge < -0.3 is 9.69 Å². The van der Waals surface area contributed by atoms with Crippen molar-refractivity contribution in [3.8, 4) is 0 Å². The second kappa shape index (κ2) is 5.39. The second-order valence-corrected chi connectivity index (χ2v) is 3.63. The molecule has 1 aromatic carbocycles. The molecule has 4 heteroatoms. The van der Waals surface area contributed by atoms with E-state index in [9.17, 15) is 14.0 Å². The second-order valence-electron chi connectivity index (χ2n) is 3.63. The number of ketones is 1. The van der Waals surface area contributed by atoms with Gasteiger partial charge in [-0.1, -0.05) is 0 Å². The van der Waals surface area contributed by atoms with E-state index in [-0.39, 0.29) is 30.3 Å². The van der Waals surface area contributed by atoms with Crippen LogP contribution in [0.2, 0.25) is 0 Å². The van der Waals surface area contributed by atoms with Gasteiger partial charge in [0.25, 0.3) is 0 Å². The van der Waals surface area contributed by atoms with Crippen LogP contribution in [-0.4, -0.2) is 18.7 Å². The first-order valence-corrected chi connectivity index (χ1v) is 5.02. The fourth-order valence-electron chi connectivity index (χ4n) is 1.26. The minimum atomic E-state index is -0.340. The summed E-state index contributed by atoms with van der Waals surface area (Å²) >= 11 is 0. The fraction of sp³-hybridized carbons (Fsp3) is 0.333. The van der Waals surface area contributed by atoms with Crippen molar-refractivity contribution < 1.29 is 14.0 Å². The van der Waals surface area contributed by atoms with E-state index < -0.39 is 0 Å². The highest BCUT2D eigenvalue weighted by atomic mass is 19.1. The van der Waals surface area contributed by atoms with Crippen molar-refractivity contribution in [2.75, 3.05) is 11.9 Å². The molecule has 0 saturated heterocycles. The van der Waals surface area contributed by atoms with Crippen LogP contribution in [0.5, 0.6) is 0 Å². The van der Waals surface area contributed by atoms with Gasteiger partial charge in [0.2, 0.25) is 5.91 Å². The molecule has 0 N–H and O–H groups in total. The summed E-state index contributed by atoms with van der Waals surface area (Å²) in [5.41, 5.74) is 0.620. The fourth-order valence-corrected chi connectivity index (χ4v) is 1.26. The van der Waals surface area contributed by atoms with Gasteiger partial charge in [0.05, 0.1) is 0 Å². The number of benzene rings is 1. The maximum Gasteiger partial charge on any atom is 0.227 e. The molecule has 0 spiro atoms. The molecule has 0 unspecified atom stereocenters. The number of halogens is 1. The van der Waals surface area contributed by atoms with E-state index in [1.165, 1.54) is 36.1 Å². The summed E-state index contributed by atoms with van der Waals surface area (Å²) in [4.78, 5) is 23.8. The average Bonchev–Trinajstić information content (AvgIpc) is 2.26. The molecule has 0 saturated carbocycles. The maximum absolute atomic E-state index is 12.7. The lowest BCUT2D eigenvalue weighted by atomic mass is 10.2. The summed E-state index contributed by atoms with van der Waals surface area (Å²) in [5, 5.41) is 0. The Morgan fingerprint density at radius 3 is 2.25 bits per heavy atom. The van der Waals surface area contributed by atoms with E-state index in [1.807, 2.05) is 0 Å². The Hall–Kier alpha value is -1.71. The zero-order chi connectivity index (χ0) is 12.1. The number of rotatable bonds is 4. The summed E-state index contributed by atoms with van der Waals surface area (Å²) in [6, 6.07) is 5.65. The van der Waals surface area contributed by atoms with Crippen LogP contribution in [0, 0.1) is 5.82 Å². The molecule has 0 aromatic heterocycles. The molecule has 0 aliphatic heterocycles. The molecule has 0 aliphatic rings. The van der Waals surface area contributed by atoms with E-state index in [1.54, 1.807) is 7.05 Å². The Balaban J connectivity index is 2.63. The third-order valence-corrected chi connectivity index (χ3v) is 2.28. The summed E-state index contributed by atoms with van der Waals surface area (Å²) in [6.45, 7) is 1.45. The van der Waals surface area contributed by atoms with E-state index in [4.69, 9.17) is 0 Å². The Kier molecular flexibility index (Phi) is 4.17. The molecule has 86 valence electrons. The van der Waals surface area contributed by atoms with Crippen molar-refractivity contribution in [2.45, 2.75) is 19.8 Å². The van der Waals surface area contributed by atoms with Gasteiger partial charge >= 0.3 is 0 Å². The lowest BCUT2D eigenvalue weighted by Gasteiger charge is -2.16. The number of carbonyl (C=O) groups excluding carboxylic acids is 2. The SMILES string of the molecule is CC(=O)CCC(=O)N(C)c1ccc(F)cc1. The average molecular weight is 223 g/mol. The van der Waals surface area contributed by atoms with Gasteiger partial charge in [0.15, 0.2) is 0 Å². The number of carbonyl (C=O) groups is 2. The Morgan fingerprint density at radius 1 is 1.19 bits per heavy atom. The summed E-state index contributed by atoms with van der Waals surface area (Å²) in [7, 11) is 1.61. The lowest BCUT2D eigenvalue weighted by molar-refractivity contribution is -0.122. The Bertz CT molecular complexity index is 387. The molecular formula is C12H14FNO2. The highest BCUT2D eigenvalue weighted by molar-refractivity contribution is 5.94. The topological polar surface area (TPSA) is 37.4 Å². The molecule has 1 rings (SSSR count). The normalized spacial score (nSPS) is 9.94. The first-order chi connectivity index (χ1) is 7.50. The van der Waals surface area contributed by atoms with Crippen LogP contribution >= 0.6 is 0 Å².